The molecule has 0 aromatic carbocycles. The second kappa shape index (κ2) is 5.85. The minimum atomic E-state index is -4.33. The largest absolute Gasteiger partial charge is 0.412 e. The summed E-state index contributed by atoms with van der Waals surface area (Å²) in [5, 5.41) is 2.27. The maximum absolute atomic E-state index is 12.3. The smallest absolute Gasteiger partial charge is 0.346 e. The minimum Gasteiger partial charge on any atom is -0.346 e. The lowest BCUT2D eigenvalue weighted by molar-refractivity contribution is -0.133. The lowest BCUT2D eigenvalue weighted by Gasteiger charge is -2.27. The number of halogens is 3. The van der Waals surface area contributed by atoms with Gasteiger partial charge in [0.25, 0.3) is 0 Å². The first-order valence-electron chi connectivity index (χ1n) is 5.35. The number of nitrogens with one attached hydrogen (secondary N) is 1. The normalized spacial score (nSPS) is 16.2. The first-order valence-corrected chi connectivity index (χ1v) is 5.35. The standard InChI is InChI=1S/C10H14F3N3O2/c11-10(12,13)7-1-3-16(4-2-7)9(18)6-15-8(17)5-14/h1H,2-6,14H2,(H,15,17). The maximum Gasteiger partial charge on any atom is 0.412 e. The van der Waals surface area contributed by atoms with Gasteiger partial charge in [-0.3, -0.25) is 9.59 Å². The molecule has 2 amide bonds. The number of rotatable bonds is 3. The summed E-state index contributed by atoms with van der Waals surface area (Å²) in [6.07, 6.45) is -3.56. The number of nitrogens with zero attached hydrogens (tertiary/aromatic N) is 1. The van der Waals surface area contributed by atoms with E-state index >= 15 is 0 Å². The van der Waals surface area contributed by atoms with Gasteiger partial charge in [-0.05, 0) is 6.42 Å². The Labute approximate surface area is 102 Å². The first kappa shape index (κ1) is 14.5. The Bertz CT molecular complexity index is 366. The molecule has 0 bridgehead atoms. The van der Waals surface area contributed by atoms with E-state index in [0.717, 1.165) is 6.08 Å². The van der Waals surface area contributed by atoms with Gasteiger partial charge in [-0.2, -0.15) is 13.2 Å². The third-order valence-corrected chi connectivity index (χ3v) is 2.55. The number of nitrogens with two attached hydrogens (primary N) is 1. The van der Waals surface area contributed by atoms with Gasteiger partial charge < -0.3 is 16.0 Å². The van der Waals surface area contributed by atoms with Crippen molar-refractivity contribution in [2.75, 3.05) is 26.2 Å². The Morgan fingerprint density at radius 3 is 2.56 bits per heavy atom. The van der Waals surface area contributed by atoms with Crippen molar-refractivity contribution in [2.24, 2.45) is 5.73 Å². The highest BCUT2D eigenvalue weighted by molar-refractivity contribution is 5.85. The van der Waals surface area contributed by atoms with Crippen LogP contribution >= 0.6 is 0 Å². The number of amides is 2. The van der Waals surface area contributed by atoms with Crippen LogP contribution in [0.25, 0.3) is 0 Å². The monoisotopic (exact) mass is 265 g/mol. The molecule has 0 aromatic heterocycles. The van der Waals surface area contributed by atoms with Gasteiger partial charge in [0, 0.05) is 18.7 Å². The minimum absolute atomic E-state index is 0.00265. The molecule has 5 nitrogen and oxygen atoms in total. The molecule has 1 heterocycles. The van der Waals surface area contributed by atoms with E-state index in [1.807, 2.05) is 0 Å². The molecule has 0 aliphatic carbocycles. The lowest BCUT2D eigenvalue weighted by atomic mass is 10.1. The van der Waals surface area contributed by atoms with Crippen molar-refractivity contribution < 1.29 is 22.8 Å². The zero-order valence-corrected chi connectivity index (χ0v) is 9.59. The summed E-state index contributed by atoms with van der Waals surface area (Å²) in [6.45, 7) is -0.564. The molecule has 0 atom stereocenters. The van der Waals surface area contributed by atoms with Crippen LogP contribution in [0.3, 0.4) is 0 Å². The summed E-state index contributed by atoms with van der Waals surface area (Å²) < 4.78 is 37.0. The van der Waals surface area contributed by atoms with Crippen molar-refractivity contribution in [3.8, 4) is 0 Å². The summed E-state index contributed by atoms with van der Waals surface area (Å²) in [5.74, 6) is -0.902. The Morgan fingerprint density at radius 1 is 1.44 bits per heavy atom. The molecule has 0 radical (unpaired) electrons. The van der Waals surface area contributed by atoms with E-state index in [-0.39, 0.29) is 32.6 Å². The van der Waals surface area contributed by atoms with E-state index in [1.165, 1.54) is 4.90 Å². The molecule has 0 spiro atoms. The number of carbonyl (C=O) groups excluding carboxylic acids is 2. The molecule has 1 rings (SSSR count). The second-order valence-electron chi connectivity index (χ2n) is 3.80. The summed E-state index contributed by atoms with van der Waals surface area (Å²) in [6, 6.07) is 0. The molecular formula is C10H14F3N3O2. The number of carbonyl (C=O) groups is 2. The average Bonchev–Trinajstić information content (AvgIpc) is 2.34. The van der Waals surface area contributed by atoms with Gasteiger partial charge in [-0.15, -0.1) is 0 Å². The van der Waals surface area contributed by atoms with Gasteiger partial charge in [0.1, 0.15) is 0 Å². The van der Waals surface area contributed by atoms with E-state index in [4.69, 9.17) is 5.73 Å². The molecule has 18 heavy (non-hydrogen) atoms. The highest BCUT2D eigenvalue weighted by Crippen LogP contribution is 2.29. The summed E-state index contributed by atoms with van der Waals surface area (Å²) >= 11 is 0. The van der Waals surface area contributed by atoms with E-state index in [2.05, 4.69) is 5.32 Å². The van der Waals surface area contributed by atoms with Crippen LogP contribution < -0.4 is 11.1 Å². The number of hydrogen-bond donors (Lipinski definition) is 2. The predicted molar refractivity (Wildman–Crippen MR) is 57.4 cm³/mol. The van der Waals surface area contributed by atoms with Gasteiger partial charge in [0.05, 0.1) is 13.1 Å². The third-order valence-electron chi connectivity index (χ3n) is 2.55. The fourth-order valence-electron chi connectivity index (χ4n) is 1.51. The number of alkyl halides is 3. The molecule has 0 unspecified atom stereocenters. The van der Waals surface area contributed by atoms with Crippen molar-refractivity contribution in [2.45, 2.75) is 12.6 Å². The molecule has 0 saturated heterocycles. The van der Waals surface area contributed by atoms with Gasteiger partial charge in [-0.25, -0.2) is 0 Å². The van der Waals surface area contributed by atoms with E-state index < -0.39 is 23.6 Å². The molecule has 102 valence electrons. The van der Waals surface area contributed by atoms with Crippen molar-refractivity contribution in [1.82, 2.24) is 10.2 Å². The Morgan fingerprint density at radius 2 is 2.11 bits per heavy atom. The summed E-state index contributed by atoms with van der Waals surface area (Å²) in [5.41, 5.74) is 4.42. The summed E-state index contributed by atoms with van der Waals surface area (Å²) in [7, 11) is 0. The van der Waals surface area contributed by atoms with Gasteiger partial charge >= 0.3 is 6.18 Å². The fourth-order valence-corrected chi connectivity index (χ4v) is 1.51. The molecular weight excluding hydrogens is 251 g/mol. The Kier molecular flexibility index (Phi) is 4.71. The first-order chi connectivity index (χ1) is 8.34. The quantitative estimate of drug-likeness (QED) is 0.693. The molecule has 3 N–H and O–H groups in total. The predicted octanol–water partition coefficient (Wildman–Crippen LogP) is -0.218. The zero-order valence-electron chi connectivity index (χ0n) is 9.59. The van der Waals surface area contributed by atoms with Crippen molar-refractivity contribution in [3.63, 3.8) is 0 Å². The van der Waals surface area contributed by atoms with Crippen LogP contribution in [-0.2, 0) is 9.59 Å². The molecule has 1 aliphatic heterocycles. The highest BCUT2D eigenvalue weighted by atomic mass is 19.4. The van der Waals surface area contributed by atoms with Gasteiger partial charge in [0.2, 0.25) is 11.8 Å². The Hall–Kier alpha value is -1.57. The van der Waals surface area contributed by atoms with Crippen LogP contribution in [0.2, 0.25) is 0 Å². The van der Waals surface area contributed by atoms with Crippen molar-refractivity contribution >= 4 is 11.8 Å². The van der Waals surface area contributed by atoms with E-state index in [0.29, 0.717) is 0 Å². The van der Waals surface area contributed by atoms with Gasteiger partial charge in [-0.1, -0.05) is 6.08 Å². The third kappa shape index (κ3) is 4.02. The van der Waals surface area contributed by atoms with Crippen LogP contribution in [0.15, 0.2) is 11.6 Å². The Balaban J connectivity index is 2.45. The van der Waals surface area contributed by atoms with Crippen molar-refractivity contribution in [3.05, 3.63) is 11.6 Å². The maximum atomic E-state index is 12.3. The van der Waals surface area contributed by atoms with Crippen LogP contribution in [-0.4, -0.2) is 49.1 Å². The fraction of sp³-hybridized carbons (Fsp3) is 0.600. The van der Waals surface area contributed by atoms with Crippen LogP contribution in [0, 0.1) is 0 Å². The van der Waals surface area contributed by atoms with Crippen LogP contribution in [0.1, 0.15) is 6.42 Å². The zero-order chi connectivity index (χ0) is 13.8. The average molecular weight is 265 g/mol. The molecule has 0 saturated carbocycles. The topological polar surface area (TPSA) is 75.4 Å². The molecule has 0 aromatic rings. The van der Waals surface area contributed by atoms with Crippen LogP contribution in [0.5, 0.6) is 0 Å². The second-order valence-corrected chi connectivity index (χ2v) is 3.80. The van der Waals surface area contributed by atoms with Crippen molar-refractivity contribution in [1.29, 1.82) is 0 Å². The van der Waals surface area contributed by atoms with Gasteiger partial charge in [0.15, 0.2) is 0 Å². The SMILES string of the molecule is NCC(=O)NCC(=O)N1CC=C(C(F)(F)F)CC1. The molecule has 8 heteroatoms. The van der Waals surface area contributed by atoms with Crippen LogP contribution in [0.4, 0.5) is 13.2 Å². The van der Waals surface area contributed by atoms with E-state index in [9.17, 15) is 22.8 Å². The molecule has 1 aliphatic rings. The molecule has 0 fully saturated rings. The summed E-state index contributed by atoms with van der Waals surface area (Å²) in [4.78, 5) is 23.6. The highest BCUT2D eigenvalue weighted by Gasteiger charge is 2.35. The lowest BCUT2D eigenvalue weighted by Crippen LogP contribution is -2.44. The number of hydrogen-bond acceptors (Lipinski definition) is 3. The van der Waals surface area contributed by atoms with E-state index in [1.54, 1.807) is 0 Å².